The number of nitrogens with zero attached hydrogens (tertiary/aromatic N) is 2. The second kappa shape index (κ2) is 8.83. The van der Waals surface area contributed by atoms with Crippen molar-refractivity contribution in [2.24, 2.45) is 0 Å². The summed E-state index contributed by atoms with van der Waals surface area (Å²) in [5.74, 6) is 0.0445. The number of aromatic nitrogens is 2. The molecule has 0 aliphatic carbocycles. The Morgan fingerprint density at radius 2 is 1.76 bits per heavy atom. The van der Waals surface area contributed by atoms with Crippen LogP contribution in [0.4, 0.5) is 17.2 Å². The number of carbonyl (C=O) groups excluding carboxylic acids is 2. The van der Waals surface area contributed by atoms with Crippen LogP contribution in [-0.4, -0.2) is 36.1 Å². The van der Waals surface area contributed by atoms with Gasteiger partial charge in [-0.25, -0.2) is 14.8 Å². The van der Waals surface area contributed by atoms with Crippen molar-refractivity contribution in [3.8, 4) is 5.75 Å². The number of methoxy groups -OCH3 is 2. The van der Waals surface area contributed by atoms with Crippen LogP contribution in [-0.2, 0) is 4.74 Å². The number of aryl methyl sites for hydroxylation is 1. The van der Waals surface area contributed by atoms with E-state index in [-0.39, 0.29) is 11.3 Å². The Hall–Kier alpha value is -3.94. The summed E-state index contributed by atoms with van der Waals surface area (Å²) in [5, 5.41) is 5.81. The van der Waals surface area contributed by atoms with E-state index in [0.29, 0.717) is 22.9 Å². The standard InChI is InChI=1S/C21H20N4O4/c1-13-8-9-18(28-2)16(10-13)24-19-11-17(22-12-23-19)20(26)25-15-7-5-4-6-14(15)21(27)29-3/h4-12H,1-3H3,(H,25,26)(H,22,23,24). The van der Waals surface area contributed by atoms with Crippen LogP contribution >= 0.6 is 0 Å². The van der Waals surface area contributed by atoms with Gasteiger partial charge in [0.15, 0.2) is 0 Å². The number of nitrogens with one attached hydrogen (secondary N) is 2. The van der Waals surface area contributed by atoms with E-state index in [4.69, 9.17) is 9.47 Å². The Morgan fingerprint density at radius 3 is 2.52 bits per heavy atom. The van der Waals surface area contributed by atoms with Crippen molar-refractivity contribution in [1.82, 2.24) is 9.97 Å². The lowest BCUT2D eigenvalue weighted by molar-refractivity contribution is 0.0602. The Bertz CT molecular complexity index is 1050. The lowest BCUT2D eigenvalue weighted by atomic mass is 10.1. The molecule has 0 unspecified atom stereocenters. The van der Waals surface area contributed by atoms with Gasteiger partial charge >= 0.3 is 5.97 Å². The monoisotopic (exact) mass is 392 g/mol. The van der Waals surface area contributed by atoms with Crippen LogP contribution in [0.15, 0.2) is 54.9 Å². The van der Waals surface area contributed by atoms with Gasteiger partial charge in [0.2, 0.25) is 0 Å². The zero-order valence-corrected chi connectivity index (χ0v) is 16.2. The molecular formula is C21H20N4O4. The van der Waals surface area contributed by atoms with Gasteiger partial charge in [0.25, 0.3) is 5.91 Å². The first-order valence-electron chi connectivity index (χ1n) is 8.74. The third-order valence-corrected chi connectivity index (χ3v) is 4.10. The predicted octanol–water partition coefficient (Wildman–Crippen LogP) is 3.58. The highest BCUT2D eigenvalue weighted by molar-refractivity contribution is 6.07. The summed E-state index contributed by atoms with van der Waals surface area (Å²) in [6.45, 7) is 1.96. The maximum Gasteiger partial charge on any atom is 0.339 e. The van der Waals surface area contributed by atoms with Crippen molar-refractivity contribution in [2.45, 2.75) is 6.92 Å². The van der Waals surface area contributed by atoms with Crippen LogP contribution in [0.1, 0.15) is 26.4 Å². The summed E-state index contributed by atoms with van der Waals surface area (Å²) >= 11 is 0. The lowest BCUT2D eigenvalue weighted by Crippen LogP contribution is -2.17. The van der Waals surface area contributed by atoms with E-state index >= 15 is 0 Å². The average Bonchev–Trinajstić information content (AvgIpc) is 2.74. The fraction of sp³-hybridized carbons (Fsp3) is 0.143. The lowest BCUT2D eigenvalue weighted by Gasteiger charge is -2.12. The van der Waals surface area contributed by atoms with Crippen LogP contribution in [0, 0.1) is 6.92 Å². The third-order valence-electron chi connectivity index (χ3n) is 4.10. The number of amides is 1. The topological polar surface area (TPSA) is 102 Å². The van der Waals surface area contributed by atoms with Gasteiger partial charge in [0.1, 0.15) is 23.6 Å². The van der Waals surface area contributed by atoms with Crippen molar-refractivity contribution in [1.29, 1.82) is 0 Å². The smallest absolute Gasteiger partial charge is 0.339 e. The molecule has 8 nitrogen and oxygen atoms in total. The van der Waals surface area contributed by atoms with Crippen molar-refractivity contribution in [3.63, 3.8) is 0 Å². The Kier molecular flexibility index (Phi) is 6.03. The number of esters is 1. The van der Waals surface area contributed by atoms with Crippen LogP contribution in [0.5, 0.6) is 5.75 Å². The SMILES string of the molecule is COC(=O)c1ccccc1NC(=O)c1cc(Nc2cc(C)ccc2OC)ncn1. The van der Waals surface area contributed by atoms with Gasteiger partial charge in [-0.2, -0.15) is 0 Å². The summed E-state index contributed by atoms with van der Waals surface area (Å²) in [6, 6.07) is 13.8. The minimum absolute atomic E-state index is 0.133. The maximum absolute atomic E-state index is 12.7. The van der Waals surface area contributed by atoms with E-state index in [1.54, 1.807) is 31.4 Å². The Labute approximate surface area is 167 Å². The number of hydrogen-bond donors (Lipinski definition) is 2. The molecule has 8 heteroatoms. The molecule has 0 fully saturated rings. The van der Waals surface area contributed by atoms with Crippen molar-refractivity contribution in [2.75, 3.05) is 24.9 Å². The van der Waals surface area contributed by atoms with Gasteiger partial charge in [0.05, 0.1) is 31.2 Å². The van der Waals surface area contributed by atoms with Crippen molar-refractivity contribution in [3.05, 3.63) is 71.7 Å². The third kappa shape index (κ3) is 4.67. The molecule has 0 saturated carbocycles. The second-order valence-corrected chi connectivity index (χ2v) is 6.11. The molecular weight excluding hydrogens is 372 g/mol. The normalized spacial score (nSPS) is 10.2. The number of carbonyl (C=O) groups is 2. The van der Waals surface area contributed by atoms with E-state index < -0.39 is 11.9 Å². The van der Waals surface area contributed by atoms with Crippen LogP contribution in [0.25, 0.3) is 0 Å². The Balaban J connectivity index is 1.83. The van der Waals surface area contributed by atoms with E-state index in [1.807, 2.05) is 25.1 Å². The van der Waals surface area contributed by atoms with E-state index in [0.717, 1.165) is 5.56 Å². The number of para-hydroxylation sites is 1. The molecule has 1 amide bonds. The first kappa shape index (κ1) is 19.8. The first-order chi connectivity index (χ1) is 14.0. The van der Waals surface area contributed by atoms with Gasteiger partial charge in [-0.05, 0) is 36.8 Å². The van der Waals surface area contributed by atoms with Crippen LogP contribution in [0.3, 0.4) is 0 Å². The molecule has 0 radical (unpaired) electrons. The largest absolute Gasteiger partial charge is 0.495 e. The first-order valence-corrected chi connectivity index (χ1v) is 8.74. The molecule has 0 atom stereocenters. The summed E-state index contributed by atoms with van der Waals surface area (Å²) in [5.41, 5.74) is 2.47. The number of hydrogen-bond acceptors (Lipinski definition) is 7. The molecule has 0 aliphatic heterocycles. The Morgan fingerprint density at radius 1 is 0.966 bits per heavy atom. The molecule has 148 valence electrons. The van der Waals surface area contributed by atoms with Gasteiger partial charge < -0.3 is 20.1 Å². The molecule has 0 bridgehead atoms. The highest BCUT2D eigenvalue weighted by Gasteiger charge is 2.16. The highest BCUT2D eigenvalue weighted by Crippen LogP contribution is 2.28. The number of anilines is 3. The fourth-order valence-corrected chi connectivity index (χ4v) is 2.67. The van der Waals surface area contributed by atoms with Crippen molar-refractivity contribution < 1.29 is 19.1 Å². The molecule has 3 aromatic rings. The molecule has 0 saturated heterocycles. The average molecular weight is 392 g/mol. The quantitative estimate of drug-likeness (QED) is 0.618. The summed E-state index contributed by atoms with van der Waals surface area (Å²) in [6.07, 6.45) is 1.28. The van der Waals surface area contributed by atoms with Crippen LogP contribution < -0.4 is 15.4 Å². The van der Waals surface area contributed by atoms with Gasteiger partial charge in [-0.3, -0.25) is 4.79 Å². The van der Waals surface area contributed by atoms with E-state index in [9.17, 15) is 9.59 Å². The summed E-state index contributed by atoms with van der Waals surface area (Å²) < 4.78 is 10.1. The number of benzene rings is 2. The van der Waals surface area contributed by atoms with Crippen molar-refractivity contribution >= 4 is 29.1 Å². The second-order valence-electron chi connectivity index (χ2n) is 6.11. The van der Waals surface area contributed by atoms with E-state index in [1.165, 1.54) is 19.5 Å². The highest BCUT2D eigenvalue weighted by atomic mass is 16.5. The van der Waals surface area contributed by atoms with Gasteiger partial charge in [0, 0.05) is 6.07 Å². The molecule has 3 rings (SSSR count). The van der Waals surface area contributed by atoms with E-state index in [2.05, 4.69) is 20.6 Å². The predicted molar refractivity (Wildman–Crippen MR) is 109 cm³/mol. The molecule has 29 heavy (non-hydrogen) atoms. The number of rotatable bonds is 6. The summed E-state index contributed by atoms with van der Waals surface area (Å²) in [7, 11) is 2.86. The van der Waals surface area contributed by atoms with Crippen LogP contribution in [0.2, 0.25) is 0 Å². The minimum atomic E-state index is -0.544. The number of ether oxygens (including phenoxy) is 2. The molecule has 2 N–H and O–H groups in total. The maximum atomic E-state index is 12.7. The molecule has 0 aliphatic rings. The van der Waals surface area contributed by atoms with Gasteiger partial charge in [-0.15, -0.1) is 0 Å². The molecule has 0 spiro atoms. The fourth-order valence-electron chi connectivity index (χ4n) is 2.67. The molecule has 1 aromatic heterocycles. The molecule has 2 aromatic carbocycles. The molecule has 1 heterocycles. The zero-order chi connectivity index (χ0) is 20.8. The van der Waals surface area contributed by atoms with Gasteiger partial charge in [-0.1, -0.05) is 18.2 Å². The summed E-state index contributed by atoms with van der Waals surface area (Å²) in [4.78, 5) is 32.7. The zero-order valence-electron chi connectivity index (χ0n) is 16.2. The minimum Gasteiger partial charge on any atom is -0.495 e.